The molecule has 2 nitrogen and oxygen atoms in total. The molecule has 0 radical (unpaired) electrons. The van der Waals surface area contributed by atoms with E-state index >= 15 is 0 Å². The number of fused-ring (bicyclic) bond motifs is 1. The van der Waals surface area contributed by atoms with Crippen LogP contribution in [0, 0.1) is 11.6 Å². The van der Waals surface area contributed by atoms with Crippen molar-refractivity contribution in [1.29, 1.82) is 0 Å². The molecule has 1 heterocycles. The molecule has 3 aromatic rings. The zero-order chi connectivity index (χ0) is 14.8. The van der Waals surface area contributed by atoms with E-state index in [9.17, 15) is 8.78 Å². The van der Waals surface area contributed by atoms with Crippen LogP contribution in [-0.4, -0.2) is 12.1 Å². The first kappa shape index (κ1) is 13.7. The third kappa shape index (κ3) is 2.78. The van der Waals surface area contributed by atoms with Crippen molar-refractivity contribution in [2.75, 3.05) is 7.11 Å². The summed E-state index contributed by atoms with van der Waals surface area (Å²) in [6.45, 7) is 0. The summed E-state index contributed by atoms with van der Waals surface area (Å²) in [6, 6.07) is 9.36. The molecule has 0 unspecified atom stereocenters. The van der Waals surface area contributed by atoms with Crippen molar-refractivity contribution in [1.82, 2.24) is 4.98 Å². The van der Waals surface area contributed by atoms with Crippen LogP contribution in [0.2, 0.25) is 0 Å². The smallest absolute Gasteiger partial charge is 0.133 e. The van der Waals surface area contributed by atoms with Gasteiger partial charge in [-0.15, -0.1) is 11.3 Å². The Labute approximate surface area is 124 Å². The van der Waals surface area contributed by atoms with Gasteiger partial charge in [0.2, 0.25) is 0 Å². The highest BCUT2D eigenvalue weighted by molar-refractivity contribution is 7.19. The Morgan fingerprint density at radius 1 is 1.10 bits per heavy atom. The van der Waals surface area contributed by atoms with Crippen LogP contribution in [0.3, 0.4) is 0 Å². The van der Waals surface area contributed by atoms with Crippen LogP contribution >= 0.6 is 11.3 Å². The predicted molar refractivity (Wildman–Crippen MR) is 81.5 cm³/mol. The second-order valence-electron chi connectivity index (χ2n) is 4.35. The van der Waals surface area contributed by atoms with E-state index in [0.29, 0.717) is 5.01 Å². The van der Waals surface area contributed by atoms with E-state index in [4.69, 9.17) is 4.74 Å². The van der Waals surface area contributed by atoms with Crippen LogP contribution < -0.4 is 4.74 Å². The molecule has 2 aromatic carbocycles. The quantitative estimate of drug-likeness (QED) is 0.696. The van der Waals surface area contributed by atoms with Crippen LogP contribution in [0.25, 0.3) is 22.4 Å². The van der Waals surface area contributed by atoms with Crippen molar-refractivity contribution in [3.05, 3.63) is 58.6 Å². The number of hydrogen-bond donors (Lipinski definition) is 0. The van der Waals surface area contributed by atoms with Crippen molar-refractivity contribution in [2.24, 2.45) is 0 Å². The summed E-state index contributed by atoms with van der Waals surface area (Å²) in [5.41, 5.74) is 0.767. The lowest BCUT2D eigenvalue weighted by Gasteiger charge is -1.97. The average Bonchev–Trinajstić information content (AvgIpc) is 2.88. The van der Waals surface area contributed by atoms with Crippen LogP contribution in [0.15, 0.2) is 36.4 Å². The zero-order valence-electron chi connectivity index (χ0n) is 11.1. The number of ether oxygens (including phenoxy) is 1. The van der Waals surface area contributed by atoms with Crippen molar-refractivity contribution >= 4 is 33.7 Å². The summed E-state index contributed by atoms with van der Waals surface area (Å²) in [5.74, 6) is -0.426. The second kappa shape index (κ2) is 5.61. The predicted octanol–water partition coefficient (Wildman–Crippen LogP) is 4.75. The van der Waals surface area contributed by atoms with Gasteiger partial charge in [-0.3, -0.25) is 0 Å². The SMILES string of the molecule is COc1ccc2nc(/C=C/c3c(F)cccc3F)sc2c1. The van der Waals surface area contributed by atoms with E-state index in [1.165, 1.54) is 35.6 Å². The maximum Gasteiger partial charge on any atom is 0.133 e. The molecule has 0 amide bonds. The molecule has 5 heteroatoms. The molecule has 0 aliphatic rings. The minimum Gasteiger partial charge on any atom is -0.497 e. The molecule has 3 rings (SSSR count). The number of benzene rings is 2. The lowest BCUT2D eigenvalue weighted by Crippen LogP contribution is -1.86. The summed E-state index contributed by atoms with van der Waals surface area (Å²) >= 11 is 1.43. The Hall–Kier alpha value is -2.27. The van der Waals surface area contributed by atoms with Gasteiger partial charge < -0.3 is 4.74 Å². The standard InChI is InChI=1S/C16H11F2NOS/c1-20-10-5-7-14-15(9-10)21-16(19-14)8-6-11-12(17)3-2-4-13(11)18/h2-9H,1H3/b8-6+. The molecule has 0 aliphatic heterocycles. The fourth-order valence-electron chi connectivity index (χ4n) is 1.95. The topological polar surface area (TPSA) is 22.1 Å². The van der Waals surface area contributed by atoms with Crippen molar-refractivity contribution in [3.8, 4) is 5.75 Å². The maximum atomic E-state index is 13.5. The first-order chi connectivity index (χ1) is 10.2. The van der Waals surface area contributed by atoms with Crippen LogP contribution in [0.4, 0.5) is 8.78 Å². The summed E-state index contributed by atoms with van der Waals surface area (Å²) in [7, 11) is 1.60. The minimum absolute atomic E-state index is 0.0608. The third-order valence-electron chi connectivity index (χ3n) is 3.00. The van der Waals surface area contributed by atoms with Gasteiger partial charge in [-0.05, 0) is 42.5 Å². The number of methoxy groups -OCH3 is 1. The molecule has 0 spiro atoms. The molecule has 0 aliphatic carbocycles. The zero-order valence-corrected chi connectivity index (χ0v) is 12.0. The number of rotatable bonds is 3. The van der Waals surface area contributed by atoms with Gasteiger partial charge in [-0.1, -0.05) is 6.07 Å². The number of halogens is 2. The Morgan fingerprint density at radius 3 is 2.57 bits per heavy atom. The molecule has 1 aromatic heterocycles. The van der Waals surface area contributed by atoms with Gasteiger partial charge >= 0.3 is 0 Å². The van der Waals surface area contributed by atoms with Gasteiger partial charge in [0.1, 0.15) is 22.4 Å². The lowest BCUT2D eigenvalue weighted by molar-refractivity contribution is 0.415. The summed E-state index contributed by atoms with van der Waals surface area (Å²) in [5, 5.41) is 0.681. The third-order valence-corrected chi connectivity index (χ3v) is 3.99. The Kier molecular flexibility index (Phi) is 3.66. The lowest BCUT2D eigenvalue weighted by atomic mass is 10.2. The highest BCUT2D eigenvalue weighted by Crippen LogP contribution is 2.27. The minimum atomic E-state index is -0.589. The van der Waals surface area contributed by atoms with Gasteiger partial charge in [0.05, 0.1) is 17.3 Å². The number of nitrogens with zero attached hydrogens (tertiary/aromatic N) is 1. The fourth-order valence-corrected chi connectivity index (χ4v) is 2.84. The Balaban J connectivity index is 1.96. The summed E-state index contributed by atoms with van der Waals surface area (Å²) < 4.78 is 33.2. The van der Waals surface area contributed by atoms with E-state index < -0.39 is 11.6 Å². The molecular weight excluding hydrogens is 292 g/mol. The largest absolute Gasteiger partial charge is 0.497 e. The number of thiazole rings is 1. The van der Waals surface area contributed by atoms with Gasteiger partial charge in [-0.2, -0.15) is 0 Å². The molecule has 0 N–H and O–H groups in total. The first-order valence-electron chi connectivity index (χ1n) is 6.24. The first-order valence-corrected chi connectivity index (χ1v) is 7.06. The van der Waals surface area contributed by atoms with Crippen molar-refractivity contribution < 1.29 is 13.5 Å². The maximum absolute atomic E-state index is 13.5. The second-order valence-corrected chi connectivity index (χ2v) is 5.42. The molecule has 106 valence electrons. The van der Waals surface area contributed by atoms with Crippen LogP contribution in [-0.2, 0) is 0 Å². The van der Waals surface area contributed by atoms with E-state index in [0.717, 1.165) is 16.0 Å². The fraction of sp³-hybridized carbons (Fsp3) is 0.0625. The molecule has 0 atom stereocenters. The molecule has 21 heavy (non-hydrogen) atoms. The van der Waals surface area contributed by atoms with Gasteiger partial charge in [0.15, 0.2) is 0 Å². The molecule has 0 saturated carbocycles. The van der Waals surface area contributed by atoms with E-state index in [1.807, 2.05) is 18.2 Å². The number of hydrogen-bond acceptors (Lipinski definition) is 3. The van der Waals surface area contributed by atoms with Crippen molar-refractivity contribution in [3.63, 3.8) is 0 Å². The average molecular weight is 303 g/mol. The van der Waals surface area contributed by atoms with Crippen LogP contribution in [0.5, 0.6) is 5.75 Å². The molecule has 0 bridgehead atoms. The molecule has 0 saturated heterocycles. The Morgan fingerprint density at radius 2 is 1.86 bits per heavy atom. The molecular formula is C16H11F2NOS. The Bertz CT molecular complexity index is 806. The van der Waals surface area contributed by atoms with Gasteiger partial charge in [0, 0.05) is 5.56 Å². The number of aromatic nitrogens is 1. The van der Waals surface area contributed by atoms with Gasteiger partial charge in [0.25, 0.3) is 0 Å². The summed E-state index contributed by atoms with van der Waals surface area (Å²) in [6.07, 6.45) is 3.01. The van der Waals surface area contributed by atoms with Gasteiger partial charge in [-0.25, -0.2) is 13.8 Å². The monoisotopic (exact) mass is 303 g/mol. The summed E-state index contributed by atoms with van der Waals surface area (Å²) in [4.78, 5) is 4.39. The highest BCUT2D eigenvalue weighted by Gasteiger charge is 2.06. The normalized spacial score (nSPS) is 11.4. The van der Waals surface area contributed by atoms with Crippen LogP contribution in [0.1, 0.15) is 10.6 Å². The van der Waals surface area contributed by atoms with Crippen molar-refractivity contribution in [2.45, 2.75) is 0 Å². The highest BCUT2D eigenvalue weighted by atomic mass is 32.1. The van der Waals surface area contributed by atoms with E-state index in [1.54, 1.807) is 13.2 Å². The molecule has 0 fully saturated rings. The van der Waals surface area contributed by atoms with E-state index in [-0.39, 0.29) is 5.56 Å². The van der Waals surface area contributed by atoms with E-state index in [2.05, 4.69) is 4.98 Å².